The molecule has 0 radical (unpaired) electrons. The molecule has 8 heteroatoms. The van der Waals surface area contributed by atoms with Crippen LogP contribution in [0.15, 0.2) is 33.9 Å². The van der Waals surface area contributed by atoms with E-state index in [4.69, 9.17) is 0 Å². The summed E-state index contributed by atoms with van der Waals surface area (Å²) in [6, 6.07) is 6.72. The van der Waals surface area contributed by atoms with Gasteiger partial charge in [0, 0.05) is 26.1 Å². The molecule has 8 nitrogen and oxygen atoms in total. The van der Waals surface area contributed by atoms with E-state index < -0.39 is 22.6 Å². The van der Waals surface area contributed by atoms with Crippen LogP contribution in [0.3, 0.4) is 0 Å². The average Bonchev–Trinajstić information content (AvgIpc) is 2.61. The molecule has 1 amide bonds. The second-order valence-corrected chi connectivity index (χ2v) is 6.96. The minimum atomic E-state index is -0.935. The maximum Gasteiger partial charge on any atom is 0.328 e. The van der Waals surface area contributed by atoms with Gasteiger partial charge in [-0.3, -0.25) is 23.9 Å². The number of H-pyrrole nitrogens is 1. The van der Waals surface area contributed by atoms with Crippen molar-refractivity contribution >= 4 is 22.8 Å². The van der Waals surface area contributed by atoms with Crippen LogP contribution in [0.2, 0.25) is 0 Å². The van der Waals surface area contributed by atoms with E-state index in [-0.39, 0.29) is 25.4 Å². The Kier molecular flexibility index (Phi) is 4.67. The van der Waals surface area contributed by atoms with Gasteiger partial charge in [-0.05, 0) is 31.9 Å². The van der Waals surface area contributed by atoms with E-state index >= 15 is 0 Å². The lowest BCUT2D eigenvalue weighted by Gasteiger charge is -2.37. The van der Waals surface area contributed by atoms with E-state index in [1.807, 2.05) is 0 Å². The Morgan fingerprint density at radius 2 is 2.00 bits per heavy atom. The van der Waals surface area contributed by atoms with Gasteiger partial charge in [-0.15, -0.1) is 0 Å². The minimum absolute atomic E-state index is 0.0612. The molecule has 2 heterocycles. The molecule has 0 aliphatic carbocycles. The predicted octanol–water partition coefficient (Wildman–Crippen LogP) is 0.793. The van der Waals surface area contributed by atoms with Crippen molar-refractivity contribution in [3.8, 4) is 0 Å². The molecule has 0 spiro atoms. The summed E-state index contributed by atoms with van der Waals surface area (Å²) in [6.07, 6.45) is 1.23. The smallest absolute Gasteiger partial charge is 0.328 e. The highest BCUT2D eigenvalue weighted by Crippen LogP contribution is 2.30. The van der Waals surface area contributed by atoms with Gasteiger partial charge in [0.05, 0.1) is 16.3 Å². The van der Waals surface area contributed by atoms with Crippen molar-refractivity contribution in [2.45, 2.75) is 32.7 Å². The van der Waals surface area contributed by atoms with Crippen LogP contribution >= 0.6 is 0 Å². The van der Waals surface area contributed by atoms with Crippen LogP contribution in [0.5, 0.6) is 0 Å². The zero-order valence-electron chi connectivity index (χ0n) is 14.5. The first-order valence-corrected chi connectivity index (χ1v) is 8.55. The van der Waals surface area contributed by atoms with Crippen molar-refractivity contribution in [3.05, 3.63) is 45.1 Å². The number of carboxylic acid groups (broad SMARTS) is 1. The zero-order valence-corrected chi connectivity index (χ0v) is 14.5. The number of hydrogen-bond acceptors (Lipinski definition) is 4. The molecule has 2 N–H and O–H groups in total. The second-order valence-electron chi connectivity index (χ2n) is 6.96. The number of carbonyl (C=O) groups is 2. The standard InChI is InChI=1S/C18H21N3O5/c1-18(16(24)25)8-4-9-20(11-18)14(22)7-10-21-13-6-3-2-5-12(13)15(23)19-17(21)26/h2-3,5-6H,4,7-11H2,1H3,(H,24,25)(H,19,23,26). The second kappa shape index (κ2) is 6.78. The molecule has 1 aromatic carbocycles. The zero-order chi connectivity index (χ0) is 18.9. The lowest BCUT2D eigenvalue weighted by molar-refractivity contribution is -0.153. The van der Waals surface area contributed by atoms with Crippen molar-refractivity contribution in [3.63, 3.8) is 0 Å². The van der Waals surface area contributed by atoms with Crippen molar-refractivity contribution in [1.29, 1.82) is 0 Å². The van der Waals surface area contributed by atoms with Crippen LogP contribution in [0.4, 0.5) is 0 Å². The largest absolute Gasteiger partial charge is 0.481 e. The van der Waals surface area contributed by atoms with Crippen molar-refractivity contribution < 1.29 is 14.7 Å². The van der Waals surface area contributed by atoms with Gasteiger partial charge < -0.3 is 10.0 Å². The number of aromatic nitrogens is 2. The fourth-order valence-electron chi connectivity index (χ4n) is 3.46. The van der Waals surface area contributed by atoms with Crippen LogP contribution in [0, 0.1) is 5.41 Å². The van der Waals surface area contributed by atoms with E-state index in [9.17, 15) is 24.3 Å². The number of hydrogen-bond donors (Lipinski definition) is 2. The number of piperidine rings is 1. The van der Waals surface area contributed by atoms with Gasteiger partial charge in [-0.25, -0.2) is 4.79 Å². The topological polar surface area (TPSA) is 112 Å². The van der Waals surface area contributed by atoms with Crippen molar-refractivity contribution in [2.75, 3.05) is 13.1 Å². The van der Waals surface area contributed by atoms with E-state index in [0.29, 0.717) is 30.3 Å². The fraction of sp³-hybridized carbons (Fsp3) is 0.444. The Morgan fingerprint density at radius 3 is 2.73 bits per heavy atom. The molecule has 1 aliphatic rings. The lowest BCUT2D eigenvalue weighted by atomic mass is 9.82. The van der Waals surface area contributed by atoms with E-state index in [2.05, 4.69) is 4.98 Å². The monoisotopic (exact) mass is 359 g/mol. The number of aryl methyl sites for hydroxylation is 1. The van der Waals surface area contributed by atoms with Crippen molar-refractivity contribution in [2.24, 2.45) is 5.41 Å². The molecule has 1 atom stereocenters. The van der Waals surface area contributed by atoms with Gasteiger partial charge >= 0.3 is 11.7 Å². The Bertz CT molecular complexity index is 977. The van der Waals surface area contributed by atoms with Gasteiger partial charge in [0.25, 0.3) is 5.56 Å². The maximum absolute atomic E-state index is 12.5. The Labute approximate surface area is 149 Å². The molecule has 3 rings (SSSR count). The number of rotatable bonds is 4. The molecule has 1 aromatic heterocycles. The third-order valence-electron chi connectivity index (χ3n) is 5.02. The Balaban J connectivity index is 1.78. The summed E-state index contributed by atoms with van der Waals surface area (Å²) in [7, 11) is 0. The first-order valence-electron chi connectivity index (χ1n) is 8.55. The fourth-order valence-corrected chi connectivity index (χ4v) is 3.46. The number of para-hydroxylation sites is 1. The summed E-state index contributed by atoms with van der Waals surface area (Å²) < 4.78 is 1.37. The van der Waals surface area contributed by atoms with Crippen LogP contribution < -0.4 is 11.2 Å². The third-order valence-corrected chi connectivity index (χ3v) is 5.02. The highest BCUT2D eigenvalue weighted by Gasteiger charge is 2.39. The van der Waals surface area contributed by atoms with E-state index in [1.165, 1.54) is 4.57 Å². The summed E-state index contributed by atoms with van der Waals surface area (Å²) in [5.74, 6) is -1.10. The van der Waals surface area contributed by atoms with Crippen LogP contribution in [-0.4, -0.2) is 44.5 Å². The quantitative estimate of drug-likeness (QED) is 0.838. The lowest BCUT2D eigenvalue weighted by Crippen LogP contribution is -2.48. The molecule has 1 aliphatic heterocycles. The van der Waals surface area contributed by atoms with Gasteiger partial charge in [0.15, 0.2) is 0 Å². The maximum atomic E-state index is 12.5. The number of amides is 1. The first kappa shape index (κ1) is 17.9. The highest BCUT2D eigenvalue weighted by molar-refractivity contribution is 5.80. The normalized spacial score (nSPS) is 20.3. The van der Waals surface area contributed by atoms with Crippen molar-refractivity contribution in [1.82, 2.24) is 14.5 Å². The molecule has 1 fully saturated rings. The van der Waals surface area contributed by atoms with Gasteiger partial charge in [-0.2, -0.15) is 0 Å². The van der Waals surface area contributed by atoms with Gasteiger partial charge in [0.1, 0.15) is 0 Å². The molecule has 0 bridgehead atoms. The summed E-state index contributed by atoms with van der Waals surface area (Å²) in [4.78, 5) is 51.8. The molecular weight excluding hydrogens is 338 g/mol. The molecule has 2 aromatic rings. The summed E-state index contributed by atoms with van der Waals surface area (Å²) >= 11 is 0. The van der Waals surface area contributed by atoms with Gasteiger partial charge in [-0.1, -0.05) is 12.1 Å². The SMILES string of the molecule is CC1(C(=O)O)CCCN(C(=O)CCn2c(=O)[nH]c(=O)c3ccccc32)C1. The van der Waals surface area contributed by atoms with Gasteiger partial charge in [0.2, 0.25) is 5.91 Å². The number of nitrogens with zero attached hydrogens (tertiary/aromatic N) is 2. The number of likely N-dealkylation sites (tertiary alicyclic amines) is 1. The minimum Gasteiger partial charge on any atom is -0.481 e. The Morgan fingerprint density at radius 1 is 1.27 bits per heavy atom. The first-order chi connectivity index (χ1) is 12.3. The van der Waals surface area contributed by atoms with Crippen LogP contribution in [-0.2, 0) is 16.1 Å². The van der Waals surface area contributed by atoms with E-state index in [0.717, 1.165) is 0 Å². The number of nitrogens with one attached hydrogen (secondary N) is 1. The number of aliphatic carboxylic acids is 1. The molecule has 1 unspecified atom stereocenters. The Hall–Kier alpha value is -2.90. The summed E-state index contributed by atoms with van der Waals surface area (Å²) in [5.41, 5.74) is -1.48. The predicted molar refractivity (Wildman–Crippen MR) is 95.0 cm³/mol. The molecule has 26 heavy (non-hydrogen) atoms. The molecule has 0 saturated carbocycles. The number of carbonyl (C=O) groups excluding carboxylic acids is 1. The average molecular weight is 359 g/mol. The van der Waals surface area contributed by atoms with Crippen LogP contribution in [0.1, 0.15) is 26.2 Å². The summed E-state index contributed by atoms with van der Waals surface area (Å²) in [5, 5.41) is 9.75. The number of carboxylic acids is 1. The van der Waals surface area contributed by atoms with Crippen LogP contribution in [0.25, 0.3) is 10.9 Å². The molecular formula is C18H21N3O5. The number of aromatic amines is 1. The molecule has 138 valence electrons. The summed E-state index contributed by atoms with van der Waals surface area (Å²) in [6.45, 7) is 2.45. The number of fused-ring (bicyclic) bond motifs is 1. The third kappa shape index (κ3) is 3.26. The van der Waals surface area contributed by atoms with E-state index in [1.54, 1.807) is 36.1 Å². The number of benzene rings is 1. The molecule has 1 saturated heterocycles. The highest BCUT2D eigenvalue weighted by atomic mass is 16.4.